The van der Waals surface area contributed by atoms with Crippen molar-refractivity contribution in [2.45, 2.75) is 0 Å². The highest BCUT2D eigenvalue weighted by Gasteiger charge is 2.04. The molecule has 0 unspecified atom stereocenters. The molecule has 1 aromatic carbocycles. The fourth-order valence-corrected chi connectivity index (χ4v) is 1.28. The van der Waals surface area contributed by atoms with Crippen LogP contribution in [0.1, 0.15) is 5.82 Å². The van der Waals surface area contributed by atoms with E-state index in [9.17, 15) is 0 Å². The molecule has 1 aromatic heterocycles. The van der Waals surface area contributed by atoms with Crippen molar-refractivity contribution in [1.29, 1.82) is 0 Å². The van der Waals surface area contributed by atoms with Gasteiger partial charge in [0.05, 0.1) is 11.0 Å². The lowest BCUT2D eigenvalue weighted by molar-refractivity contribution is 1.16. The van der Waals surface area contributed by atoms with Gasteiger partial charge in [0.25, 0.3) is 0 Å². The number of imidazole rings is 1. The number of hydrogen-bond donors (Lipinski definition) is 2. The molecule has 4 heteroatoms. The molecule has 0 aliphatic rings. The minimum absolute atomic E-state index is 0.635. The number of H-pyrrole nitrogens is 1. The molecule has 0 fully saturated rings. The largest absolute Gasteiger partial charge is 0.376 e. The Morgan fingerprint density at radius 3 is 2.92 bits per heavy atom. The van der Waals surface area contributed by atoms with Crippen LogP contribution in [0.5, 0.6) is 0 Å². The third-order valence-electron chi connectivity index (χ3n) is 1.83. The predicted octanol–water partition coefficient (Wildman–Crippen LogP) is 1.46. The van der Waals surface area contributed by atoms with E-state index in [0.29, 0.717) is 4.99 Å². The maximum Gasteiger partial charge on any atom is 0.166 e. The summed E-state index contributed by atoms with van der Waals surface area (Å²) in [6.07, 6.45) is 0. The predicted molar refractivity (Wildman–Crippen MR) is 56.9 cm³/mol. The van der Waals surface area contributed by atoms with Crippen molar-refractivity contribution in [2.75, 3.05) is 7.05 Å². The summed E-state index contributed by atoms with van der Waals surface area (Å²) in [6, 6.07) is 7.85. The van der Waals surface area contributed by atoms with Gasteiger partial charge in [-0.3, -0.25) is 0 Å². The quantitative estimate of drug-likeness (QED) is 0.670. The van der Waals surface area contributed by atoms with E-state index in [2.05, 4.69) is 15.3 Å². The van der Waals surface area contributed by atoms with E-state index in [0.717, 1.165) is 16.9 Å². The topological polar surface area (TPSA) is 40.7 Å². The maximum atomic E-state index is 5.06. The zero-order valence-corrected chi connectivity index (χ0v) is 7.98. The zero-order chi connectivity index (χ0) is 9.26. The van der Waals surface area contributed by atoms with Gasteiger partial charge < -0.3 is 10.3 Å². The standard InChI is InChI=1S/C9H9N3S/c1-10-9(13)8-11-6-4-2-3-5-7(6)12-8/h2-5H,1H3,(H,10,13)(H,11,12). The average Bonchev–Trinajstić information content (AvgIpc) is 2.59. The third-order valence-corrected chi connectivity index (χ3v) is 2.23. The highest BCUT2D eigenvalue weighted by atomic mass is 32.1. The summed E-state index contributed by atoms with van der Waals surface area (Å²) in [4.78, 5) is 8.09. The van der Waals surface area contributed by atoms with Crippen molar-refractivity contribution in [2.24, 2.45) is 0 Å². The van der Waals surface area contributed by atoms with E-state index in [1.807, 2.05) is 24.3 Å². The highest BCUT2D eigenvalue weighted by molar-refractivity contribution is 7.80. The second kappa shape index (κ2) is 3.14. The van der Waals surface area contributed by atoms with Crippen molar-refractivity contribution in [3.63, 3.8) is 0 Å². The SMILES string of the molecule is CNC(=S)c1nc2ccccc2[nH]1. The number of fused-ring (bicyclic) bond motifs is 1. The van der Waals surface area contributed by atoms with Crippen molar-refractivity contribution < 1.29 is 0 Å². The number of thiocarbonyl (C=S) groups is 1. The number of para-hydroxylation sites is 2. The number of aromatic nitrogens is 2. The number of hydrogen-bond acceptors (Lipinski definition) is 2. The van der Waals surface area contributed by atoms with E-state index < -0.39 is 0 Å². The van der Waals surface area contributed by atoms with Gasteiger partial charge in [0.2, 0.25) is 0 Å². The molecular weight excluding hydrogens is 182 g/mol. The monoisotopic (exact) mass is 191 g/mol. The lowest BCUT2D eigenvalue weighted by Gasteiger charge is -1.94. The van der Waals surface area contributed by atoms with Crippen molar-refractivity contribution in [3.05, 3.63) is 30.1 Å². The van der Waals surface area contributed by atoms with Crippen LogP contribution in [0.15, 0.2) is 24.3 Å². The normalized spacial score (nSPS) is 10.2. The molecule has 2 aromatic rings. The van der Waals surface area contributed by atoms with Crippen molar-refractivity contribution in [3.8, 4) is 0 Å². The molecule has 0 saturated heterocycles. The van der Waals surface area contributed by atoms with E-state index >= 15 is 0 Å². The lowest BCUT2D eigenvalue weighted by atomic mass is 10.3. The molecule has 0 aliphatic carbocycles. The molecular formula is C9H9N3S. The number of aromatic amines is 1. The van der Waals surface area contributed by atoms with Gasteiger partial charge in [0, 0.05) is 7.05 Å². The first-order chi connectivity index (χ1) is 6.31. The first kappa shape index (κ1) is 8.19. The summed E-state index contributed by atoms with van der Waals surface area (Å²) in [5.41, 5.74) is 1.95. The summed E-state index contributed by atoms with van der Waals surface area (Å²) in [5.74, 6) is 0.721. The first-order valence-corrected chi connectivity index (χ1v) is 4.39. The van der Waals surface area contributed by atoms with Crippen LogP contribution in [0.2, 0.25) is 0 Å². The summed E-state index contributed by atoms with van der Waals surface area (Å²) >= 11 is 5.06. The van der Waals surface area contributed by atoms with Crippen molar-refractivity contribution in [1.82, 2.24) is 15.3 Å². The van der Waals surface area contributed by atoms with Crippen LogP contribution in [0, 0.1) is 0 Å². The zero-order valence-electron chi connectivity index (χ0n) is 7.16. The third kappa shape index (κ3) is 1.40. The van der Waals surface area contributed by atoms with E-state index in [-0.39, 0.29) is 0 Å². The van der Waals surface area contributed by atoms with Gasteiger partial charge in [0.1, 0.15) is 4.99 Å². The molecule has 2 N–H and O–H groups in total. The van der Waals surface area contributed by atoms with Crippen LogP contribution in [-0.4, -0.2) is 22.0 Å². The molecule has 66 valence electrons. The van der Waals surface area contributed by atoms with Gasteiger partial charge in [0.15, 0.2) is 5.82 Å². The molecule has 13 heavy (non-hydrogen) atoms. The van der Waals surface area contributed by atoms with Crippen LogP contribution in [-0.2, 0) is 0 Å². The molecule has 1 heterocycles. The number of rotatable bonds is 1. The molecule has 0 atom stereocenters. The Morgan fingerprint density at radius 1 is 1.46 bits per heavy atom. The second-order valence-electron chi connectivity index (χ2n) is 2.68. The Balaban J connectivity index is 2.56. The summed E-state index contributed by atoms with van der Waals surface area (Å²) in [6.45, 7) is 0. The number of nitrogens with zero attached hydrogens (tertiary/aromatic N) is 1. The number of nitrogens with one attached hydrogen (secondary N) is 2. The van der Waals surface area contributed by atoms with Crippen LogP contribution in [0.3, 0.4) is 0 Å². The molecule has 3 nitrogen and oxygen atoms in total. The second-order valence-corrected chi connectivity index (χ2v) is 3.09. The van der Waals surface area contributed by atoms with Crippen LogP contribution in [0.4, 0.5) is 0 Å². The van der Waals surface area contributed by atoms with E-state index in [4.69, 9.17) is 12.2 Å². The number of benzene rings is 1. The Kier molecular flexibility index (Phi) is 1.98. The highest BCUT2D eigenvalue weighted by Crippen LogP contribution is 2.09. The minimum Gasteiger partial charge on any atom is -0.376 e. The molecule has 2 rings (SSSR count). The Morgan fingerprint density at radius 2 is 2.23 bits per heavy atom. The van der Waals surface area contributed by atoms with Gasteiger partial charge >= 0.3 is 0 Å². The fraction of sp³-hybridized carbons (Fsp3) is 0.111. The minimum atomic E-state index is 0.635. The Bertz CT molecular complexity index is 414. The van der Waals surface area contributed by atoms with Crippen LogP contribution >= 0.6 is 12.2 Å². The van der Waals surface area contributed by atoms with Gasteiger partial charge in [-0.25, -0.2) is 4.98 Å². The lowest BCUT2D eigenvalue weighted by Crippen LogP contribution is -2.17. The van der Waals surface area contributed by atoms with Gasteiger partial charge in [-0.15, -0.1) is 0 Å². The van der Waals surface area contributed by atoms with Crippen LogP contribution < -0.4 is 5.32 Å². The van der Waals surface area contributed by atoms with Gasteiger partial charge in [-0.1, -0.05) is 24.4 Å². The van der Waals surface area contributed by atoms with E-state index in [1.54, 1.807) is 7.05 Å². The van der Waals surface area contributed by atoms with Crippen LogP contribution in [0.25, 0.3) is 11.0 Å². The summed E-state index contributed by atoms with van der Waals surface area (Å²) in [5, 5.41) is 2.88. The molecule has 0 amide bonds. The fourth-order valence-electron chi connectivity index (χ4n) is 1.18. The summed E-state index contributed by atoms with van der Waals surface area (Å²) < 4.78 is 0. The van der Waals surface area contributed by atoms with E-state index in [1.165, 1.54) is 0 Å². The summed E-state index contributed by atoms with van der Waals surface area (Å²) in [7, 11) is 1.79. The average molecular weight is 191 g/mol. The van der Waals surface area contributed by atoms with Gasteiger partial charge in [-0.2, -0.15) is 0 Å². The molecule has 0 spiro atoms. The Labute approximate surface area is 81.2 Å². The smallest absolute Gasteiger partial charge is 0.166 e. The molecule has 0 aliphatic heterocycles. The molecule has 0 bridgehead atoms. The maximum absolute atomic E-state index is 5.06. The Hall–Kier alpha value is -1.42. The van der Waals surface area contributed by atoms with Gasteiger partial charge in [-0.05, 0) is 12.1 Å². The molecule has 0 radical (unpaired) electrons. The first-order valence-electron chi connectivity index (χ1n) is 3.98. The molecule has 0 saturated carbocycles. The van der Waals surface area contributed by atoms with Crippen molar-refractivity contribution >= 4 is 28.2 Å².